The van der Waals surface area contributed by atoms with Crippen LogP contribution in [0.5, 0.6) is 0 Å². The van der Waals surface area contributed by atoms with Crippen molar-refractivity contribution in [2.24, 2.45) is 0 Å². The highest BCUT2D eigenvalue weighted by Gasteiger charge is 2.07. The predicted octanol–water partition coefficient (Wildman–Crippen LogP) is 3.62. The Balaban J connectivity index is 1.74. The number of aromatic nitrogens is 2. The summed E-state index contributed by atoms with van der Waals surface area (Å²) in [5, 5.41) is 16.7. The fourth-order valence-electron chi connectivity index (χ4n) is 2.62. The van der Waals surface area contributed by atoms with E-state index in [4.69, 9.17) is 0 Å². The summed E-state index contributed by atoms with van der Waals surface area (Å²) >= 11 is 0. The van der Waals surface area contributed by atoms with Crippen LogP contribution in [0.4, 0.5) is 5.69 Å². The molecule has 0 unspecified atom stereocenters. The number of hydrogen-bond acceptors (Lipinski definition) is 4. The van der Waals surface area contributed by atoms with Gasteiger partial charge in [-0.3, -0.25) is 9.48 Å². The fourth-order valence-corrected chi connectivity index (χ4v) is 2.62. The van der Waals surface area contributed by atoms with Crippen LogP contribution in [0.25, 0.3) is 0 Å². The van der Waals surface area contributed by atoms with E-state index in [-0.39, 0.29) is 5.78 Å². The highest BCUT2D eigenvalue weighted by molar-refractivity contribution is 5.95. The van der Waals surface area contributed by atoms with Gasteiger partial charge in [0, 0.05) is 24.5 Å². The Hall–Kier alpha value is -3.39. The number of hydrogen-bond donors (Lipinski definition) is 1. The Morgan fingerprint density at radius 2 is 2.04 bits per heavy atom. The van der Waals surface area contributed by atoms with Gasteiger partial charge in [0.1, 0.15) is 6.07 Å². The molecule has 1 aromatic heterocycles. The molecule has 3 aromatic rings. The molecule has 5 heteroatoms. The van der Waals surface area contributed by atoms with E-state index in [2.05, 4.69) is 28.6 Å². The molecule has 0 radical (unpaired) electrons. The van der Waals surface area contributed by atoms with E-state index in [1.165, 1.54) is 6.92 Å². The van der Waals surface area contributed by atoms with Gasteiger partial charge in [0.05, 0.1) is 17.8 Å². The standard InChI is InChI=1S/C20H18N4O/c1-15(25)18-6-7-19(12-21)20(11-18)22-13-16-4-2-5-17(10-16)14-24-9-3-8-23-24/h2-11,22H,13-14H2,1H3. The third-order valence-electron chi connectivity index (χ3n) is 3.92. The molecule has 0 aliphatic rings. The molecule has 0 bridgehead atoms. The van der Waals surface area contributed by atoms with E-state index in [1.54, 1.807) is 24.4 Å². The summed E-state index contributed by atoms with van der Waals surface area (Å²) in [6.07, 6.45) is 3.69. The zero-order valence-electron chi connectivity index (χ0n) is 13.9. The van der Waals surface area contributed by atoms with Gasteiger partial charge >= 0.3 is 0 Å². The lowest BCUT2D eigenvalue weighted by molar-refractivity contribution is 0.101. The lowest BCUT2D eigenvalue weighted by Gasteiger charge is -2.11. The van der Waals surface area contributed by atoms with Gasteiger partial charge in [0.25, 0.3) is 0 Å². The highest BCUT2D eigenvalue weighted by Crippen LogP contribution is 2.19. The van der Waals surface area contributed by atoms with Gasteiger partial charge in [-0.2, -0.15) is 10.4 Å². The number of carbonyl (C=O) groups excluding carboxylic acids is 1. The van der Waals surface area contributed by atoms with E-state index in [0.29, 0.717) is 29.9 Å². The molecule has 0 atom stereocenters. The minimum absolute atomic E-state index is 0.0197. The molecule has 3 rings (SSSR count). The van der Waals surface area contributed by atoms with Gasteiger partial charge in [0.2, 0.25) is 0 Å². The first-order valence-corrected chi connectivity index (χ1v) is 8.00. The Bertz CT molecular complexity index is 923. The second-order valence-corrected chi connectivity index (χ2v) is 5.81. The smallest absolute Gasteiger partial charge is 0.159 e. The van der Waals surface area contributed by atoms with Crippen molar-refractivity contribution in [2.45, 2.75) is 20.0 Å². The summed E-state index contributed by atoms with van der Waals surface area (Å²) in [6.45, 7) is 2.80. The second-order valence-electron chi connectivity index (χ2n) is 5.81. The molecule has 1 heterocycles. The van der Waals surface area contributed by atoms with Crippen LogP contribution in [-0.2, 0) is 13.1 Å². The maximum absolute atomic E-state index is 11.5. The highest BCUT2D eigenvalue weighted by atomic mass is 16.1. The molecule has 0 fully saturated rings. The van der Waals surface area contributed by atoms with E-state index >= 15 is 0 Å². The minimum atomic E-state index is -0.0197. The Morgan fingerprint density at radius 1 is 1.20 bits per heavy atom. The maximum Gasteiger partial charge on any atom is 0.159 e. The lowest BCUT2D eigenvalue weighted by Crippen LogP contribution is -2.05. The van der Waals surface area contributed by atoms with Crippen LogP contribution in [-0.4, -0.2) is 15.6 Å². The third kappa shape index (κ3) is 4.12. The normalized spacial score (nSPS) is 10.2. The van der Waals surface area contributed by atoms with Crippen molar-refractivity contribution in [3.63, 3.8) is 0 Å². The Labute approximate surface area is 146 Å². The van der Waals surface area contributed by atoms with Crippen molar-refractivity contribution >= 4 is 11.5 Å². The summed E-state index contributed by atoms with van der Waals surface area (Å²) in [6, 6.07) is 17.3. The van der Waals surface area contributed by atoms with Crippen LogP contribution in [0, 0.1) is 11.3 Å². The monoisotopic (exact) mass is 330 g/mol. The lowest BCUT2D eigenvalue weighted by atomic mass is 10.1. The first-order valence-electron chi connectivity index (χ1n) is 8.00. The van der Waals surface area contributed by atoms with Gasteiger partial charge in [-0.1, -0.05) is 24.3 Å². The number of Topliss-reactive ketones (excluding diaryl/α,β-unsaturated/α-hetero) is 1. The van der Waals surface area contributed by atoms with Gasteiger partial charge < -0.3 is 5.32 Å². The van der Waals surface area contributed by atoms with Crippen LogP contribution in [0.2, 0.25) is 0 Å². The molecule has 0 saturated carbocycles. The Morgan fingerprint density at radius 3 is 2.76 bits per heavy atom. The largest absolute Gasteiger partial charge is 0.380 e. The Kier molecular flexibility index (Phi) is 4.91. The molecule has 0 saturated heterocycles. The van der Waals surface area contributed by atoms with E-state index < -0.39 is 0 Å². The van der Waals surface area contributed by atoms with Crippen molar-refractivity contribution in [2.75, 3.05) is 5.32 Å². The maximum atomic E-state index is 11.5. The van der Waals surface area contributed by atoms with Crippen LogP contribution < -0.4 is 5.32 Å². The van der Waals surface area contributed by atoms with Gasteiger partial charge in [-0.05, 0) is 42.3 Å². The molecular weight excluding hydrogens is 312 g/mol. The third-order valence-corrected chi connectivity index (χ3v) is 3.92. The summed E-state index contributed by atoms with van der Waals surface area (Å²) in [4.78, 5) is 11.5. The first-order chi connectivity index (χ1) is 12.2. The molecule has 0 amide bonds. The van der Waals surface area contributed by atoms with Crippen molar-refractivity contribution in [1.29, 1.82) is 5.26 Å². The number of benzene rings is 2. The molecule has 0 aliphatic carbocycles. The fraction of sp³-hybridized carbons (Fsp3) is 0.150. The minimum Gasteiger partial charge on any atom is -0.380 e. The van der Waals surface area contributed by atoms with Crippen LogP contribution >= 0.6 is 0 Å². The quantitative estimate of drug-likeness (QED) is 0.701. The van der Waals surface area contributed by atoms with Gasteiger partial charge in [-0.15, -0.1) is 0 Å². The summed E-state index contributed by atoms with van der Waals surface area (Å²) < 4.78 is 1.87. The van der Waals surface area contributed by atoms with Crippen molar-refractivity contribution in [3.05, 3.63) is 83.2 Å². The first kappa shape index (κ1) is 16.5. The predicted molar refractivity (Wildman–Crippen MR) is 96.3 cm³/mol. The molecule has 0 spiro atoms. The zero-order chi connectivity index (χ0) is 17.6. The summed E-state index contributed by atoms with van der Waals surface area (Å²) in [5.41, 5.74) is 4.04. The number of rotatable bonds is 6. The van der Waals surface area contributed by atoms with Crippen molar-refractivity contribution in [3.8, 4) is 6.07 Å². The molecule has 1 N–H and O–H groups in total. The topological polar surface area (TPSA) is 70.7 Å². The number of ketones is 1. The molecule has 124 valence electrons. The molecule has 0 aliphatic heterocycles. The number of anilines is 1. The van der Waals surface area contributed by atoms with Crippen molar-refractivity contribution in [1.82, 2.24) is 9.78 Å². The van der Waals surface area contributed by atoms with Gasteiger partial charge in [-0.25, -0.2) is 0 Å². The van der Waals surface area contributed by atoms with E-state index in [1.807, 2.05) is 29.1 Å². The van der Waals surface area contributed by atoms with Gasteiger partial charge in [0.15, 0.2) is 5.78 Å². The average molecular weight is 330 g/mol. The molecule has 2 aromatic carbocycles. The zero-order valence-corrected chi connectivity index (χ0v) is 13.9. The number of nitriles is 1. The summed E-state index contributed by atoms with van der Waals surface area (Å²) in [5.74, 6) is -0.0197. The van der Waals surface area contributed by atoms with Crippen LogP contribution in [0.15, 0.2) is 60.9 Å². The number of nitrogens with zero attached hydrogens (tertiary/aromatic N) is 3. The second kappa shape index (κ2) is 7.45. The van der Waals surface area contributed by atoms with E-state index in [9.17, 15) is 10.1 Å². The van der Waals surface area contributed by atoms with Crippen molar-refractivity contribution < 1.29 is 4.79 Å². The van der Waals surface area contributed by atoms with E-state index in [0.717, 1.165) is 11.1 Å². The number of nitrogens with one attached hydrogen (secondary N) is 1. The van der Waals surface area contributed by atoms with Crippen LogP contribution in [0.1, 0.15) is 34.0 Å². The SMILES string of the molecule is CC(=O)c1ccc(C#N)c(NCc2cccc(Cn3cccn3)c2)c1. The molecule has 25 heavy (non-hydrogen) atoms. The van der Waals surface area contributed by atoms with Crippen LogP contribution in [0.3, 0.4) is 0 Å². The molecule has 5 nitrogen and oxygen atoms in total. The number of carbonyl (C=O) groups is 1. The average Bonchev–Trinajstić information content (AvgIpc) is 3.13. The summed E-state index contributed by atoms with van der Waals surface area (Å²) in [7, 11) is 0. The molecular formula is C20H18N4O.